The smallest absolute Gasteiger partial charge is 0.280 e. The summed E-state index contributed by atoms with van der Waals surface area (Å²) < 4.78 is 7.50. The maximum absolute atomic E-state index is 12.3. The molecule has 9 heteroatoms. The van der Waals surface area contributed by atoms with Crippen LogP contribution in [0.25, 0.3) is 11.2 Å². The highest BCUT2D eigenvalue weighted by molar-refractivity contribution is 5.91. The Bertz CT molecular complexity index is 972. The van der Waals surface area contributed by atoms with Crippen molar-refractivity contribution in [2.24, 2.45) is 11.8 Å². The molecule has 0 aliphatic carbocycles. The minimum absolute atomic E-state index is 0.00666. The van der Waals surface area contributed by atoms with Crippen molar-refractivity contribution in [3.8, 4) is 12.3 Å². The lowest BCUT2D eigenvalue weighted by atomic mass is 9.85. The lowest BCUT2D eigenvalue weighted by molar-refractivity contribution is -0.118. The first-order valence-electron chi connectivity index (χ1n) is 8.85. The zero-order valence-corrected chi connectivity index (χ0v) is 15.7. The molecule has 3 rings (SSSR count). The molecular formula is C18H23N5O4. The Morgan fingerprint density at radius 1 is 1.59 bits per heavy atom. The third-order valence-corrected chi connectivity index (χ3v) is 5.11. The summed E-state index contributed by atoms with van der Waals surface area (Å²) in [5.41, 5.74) is -1.15. The topological polar surface area (TPSA) is 122 Å². The Balaban J connectivity index is 2.06. The molecule has 1 unspecified atom stereocenters. The monoisotopic (exact) mass is 373 g/mol. The highest BCUT2D eigenvalue weighted by Crippen LogP contribution is 2.43. The van der Waals surface area contributed by atoms with Crippen LogP contribution in [0.1, 0.15) is 40.3 Å². The van der Waals surface area contributed by atoms with E-state index in [-0.39, 0.29) is 34.9 Å². The van der Waals surface area contributed by atoms with Crippen molar-refractivity contribution >= 4 is 23.0 Å². The zero-order valence-electron chi connectivity index (χ0n) is 15.7. The predicted octanol–water partition coefficient (Wildman–Crippen LogP) is 1.02. The second-order valence-electron chi connectivity index (χ2n) is 7.06. The number of aromatic nitrogens is 4. The summed E-state index contributed by atoms with van der Waals surface area (Å²) in [6.07, 6.45) is 5.81. The van der Waals surface area contributed by atoms with Crippen LogP contribution in [0.5, 0.6) is 0 Å². The van der Waals surface area contributed by atoms with Gasteiger partial charge in [0.2, 0.25) is 11.9 Å². The lowest BCUT2D eigenvalue weighted by Crippen LogP contribution is -2.34. The number of imidazole rings is 1. The molecule has 0 spiro atoms. The average molecular weight is 373 g/mol. The van der Waals surface area contributed by atoms with Gasteiger partial charge in [0.25, 0.3) is 5.56 Å². The molecule has 1 aliphatic rings. The fourth-order valence-corrected chi connectivity index (χ4v) is 3.24. The van der Waals surface area contributed by atoms with E-state index < -0.39 is 23.5 Å². The SMILES string of the molecule is C#C[C@]1(CC)O[C@@H](n2cnc3c(=O)[nH]c(NC(=O)C(C)C)nc32)[C@@H](O)C1C. The number of hydrogen-bond donors (Lipinski definition) is 3. The summed E-state index contributed by atoms with van der Waals surface area (Å²) in [6.45, 7) is 7.16. The number of H-pyrrole nitrogens is 1. The minimum Gasteiger partial charge on any atom is -0.388 e. The predicted molar refractivity (Wildman–Crippen MR) is 98.8 cm³/mol. The molecule has 2 aromatic rings. The van der Waals surface area contributed by atoms with E-state index in [2.05, 4.69) is 26.2 Å². The van der Waals surface area contributed by atoms with Crippen molar-refractivity contribution in [3.05, 3.63) is 16.7 Å². The van der Waals surface area contributed by atoms with Gasteiger partial charge in [-0.25, -0.2) is 4.98 Å². The first-order valence-corrected chi connectivity index (χ1v) is 8.85. The summed E-state index contributed by atoms with van der Waals surface area (Å²) in [6, 6.07) is 0. The van der Waals surface area contributed by atoms with E-state index in [1.165, 1.54) is 10.9 Å². The van der Waals surface area contributed by atoms with Crippen molar-refractivity contribution < 1.29 is 14.6 Å². The maximum Gasteiger partial charge on any atom is 0.280 e. The summed E-state index contributed by atoms with van der Waals surface area (Å²) in [5, 5.41) is 13.2. The van der Waals surface area contributed by atoms with E-state index in [0.717, 1.165) is 0 Å². The van der Waals surface area contributed by atoms with Crippen LogP contribution in [0, 0.1) is 24.2 Å². The molecule has 2 aromatic heterocycles. The second-order valence-corrected chi connectivity index (χ2v) is 7.06. The number of terminal acetylenes is 1. The largest absolute Gasteiger partial charge is 0.388 e. The van der Waals surface area contributed by atoms with E-state index >= 15 is 0 Å². The number of ether oxygens (including phenoxy) is 1. The number of nitrogens with one attached hydrogen (secondary N) is 2. The Morgan fingerprint density at radius 3 is 2.85 bits per heavy atom. The number of hydrogen-bond acceptors (Lipinski definition) is 6. The minimum atomic E-state index is -0.920. The van der Waals surface area contributed by atoms with Crippen molar-refractivity contribution in [3.63, 3.8) is 0 Å². The van der Waals surface area contributed by atoms with Gasteiger partial charge in [-0.05, 0) is 6.42 Å². The van der Waals surface area contributed by atoms with Gasteiger partial charge in [0.15, 0.2) is 17.4 Å². The quantitative estimate of drug-likeness (QED) is 0.688. The van der Waals surface area contributed by atoms with E-state index in [1.807, 2.05) is 13.8 Å². The van der Waals surface area contributed by atoms with Gasteiger partial charge in [0.1, 0.15) is 11.7 Å². The van der Waals surface area contributed by atoms with Crippen molar-refractivity contribution in [2.75, 3.05) is 5.32 Å². The standard InChI is InChI=1S/C18H23N5O4/c1-6-18(7-2)10(5)12(24)16(27-18)23-8-19-11-13(23)20-17(22-15(11)26)21-14(25)9(3)4/h1,8-10,12,16,24H,7H2,2-5H3,(H2,20,21,22,25,26)/t10?,12-,16+,18+/m0/s1. The van der Waals surface area contributed by atoms with Gasteiger partial charge < -0.3 is 9.84 Å². The molecule has 9 nitrogen and oxygen atoms in total. The van der Waals surface area contributed by atoms with Crippen LogP contribution in [0.15, 0.2) is 11.1 Å². The van der Waals surface area contributed by atoms with Crippen LogP contribution in [0.3, 0.4) is 0 Å². The van der Waals surface area contributed by atoms with Gasteiger partial charge in [-0.1, -0.05) is 33.6 Å². The normalized spacial score (nSPS) is 27.8. The molecular weight excluding hydrogens is 350 g/mol. The Hall–Kier alpha value is -2.70. The van der Waals surface area contributed by atoms with Crippen LogP contribution in [0.4, 0.5) is 5.95 Å². The van der Waals surface area contributed by atoms with Crippen LogP contribution in [0.2, 0.25) is 0 Å². The van der Waals surface area contributed by atoms with Crippen molar-refractivity contribution in [2.45, 2.75) is 52.0 Å². The van der Waals surface area contributed by atoms with Crippen LogP contribution < -0.4 is 10.9 Å². The number of aliphatic hydroxyl groups is 1. The molecule has 1 aliphatic heterocycles. The first kappa shape index (κ1) is 19.1. The first-order chi connectivity index (χ1) is 12.7. The fourth-order valence-electron chi connectivity index (χ4n) is 3.24. The lowest BCUT2D eigenvalue weighted by Gasteiger charge is -2.25. The van der Waals surface area contributed by atoms with E-state index in [1.54, 1.807) is 13.8 Å². The number of rotatable bonds is 4. The molecule has 27 heavy (non-hydrogen) atoms. The van der Waals surface area contributed by atoms with Crippen LogP contribution in [-0.2, 0) is 9.53 Å². The van der Waals surface area contributed by atoms with Crippen molar-refractivity contribution in [1.29, 1.82) is 0 Å². The molecule has 0 radical (unpaired) electrons. The summed E-state index contributed by atoms with van der Waals surface area (Å²) >= 11 is 0. The molecule has 1 saturated heterocycles. The molecule has 0 aromatic carbocycles. The fraction of sp³-hybridized carbons (Fsp3) is 0.556. The number of carbonyl (C=O) groups is 1. The van der Waals surface area contributed by atoms with Gasteiger partial charge in [-0.2, -0.15) is 4.98 Å². The molecule has 0 saturated carbocycles. The van der Waals surface area contributed by atoms with Gasteiger partial charge in [-0.3, -0.25) is 24.5 Å². The summed E-state index contributed by atoms with van der Waals surface area (Å²) in [5.74, 6) is 1.77. The maximum atomic E-state index is 12.3. The molecule has 4 atom stereocenters. The van der Waals surface area contributed by atoms with Crippen LogP contribution in [-0.4, -0.2) is 42.2 Å². The zero-order chi connectivity index (χ0) is 19.9. The summed E-state index contributed by atoms with van der Waals surface area (Å²) in [4.78, 5) is 35.1. The summed E-state index contributed by atoms with van der Waals surface area (Å²) in [7, 11) is 0. The number of nitrogens with zero attached hydrogens (tertiary/aromatic N) is 3. The van der Waals surface area contributed by atoms with Gasteiger partial charge >= 0.3 is 0 Å². The molecule has 3 heterocycles. The third-order valence-electron chi connectivity index (χ3n) is 5.11. The highest BCUT2D eigenvalue weighted by Gasteiger charge is 2.51. The number of anilines is 1. The molecule has 144 valence electrons. The highest BCUT2D eigenvalue weighted by atomic mass is 16.5. The van der Waals surface area contributed by atoms with Gasteiger partial charge in [0.05, 0.1) is 6.33 Å². The van der Waals surface area contributed by atoms with Gasteiger partial charge in [-0.15, -0.1) is 6.42 Å². The van der Waals surface area contributed by atoms with E-state index in [9.17, 15) is 14.7 Å². The van der Waals surface area contributed by atoms with E-state index in [4.69, 9.17) is 11.2 Å². The second kappa shape index (κ2) is 6.79. The number of carbonyl (C=O) groups excluding carboxylic acids is 1. The molecule has 1 amide bonds. The number of amides is 1. The van der Waals surface area contributed by atoms with Crippen LogP contribution >= 0.6 is 0 Å². The number of fused-ring (bicyclic) bond motifs is 1. The third kappa shape index (κ3) is 3.01. The van der Waals surface area contributed by atoms with Crippen molar-refractivity contribution in [1.82, 2.24) is 19.5 Å². The Labute approximate surface area is 156 Å². The Kier molecular flexibility index (Phi) is 4.80. The molecule has 0 bridgehead atoms. The molecule has 1 fully saturated rings. The number of aromatic amines is 1. The molecule has 3 N–H and O–H groups in total. The van der Waals surface area contributed by atoms with E-state index in [0.29, 0.717) is 6.42 Å². The Morgan fingerprint density at radius 2 is 2.30 bits per heavy atom. The average Bonchev–Trinajstić information content (AvgIpc) is 3.16. The van der Waals surface area contributed by atoms with Gasteiger partial charge in [0, 0.05) is 11.8 Å². The number of aliphatic hydroxyl groups excluding tert-OH is 1.